The van der Waals surface area contributed by atoms with E-state index >= 15 is 0 Å². The van der Waals surface area contributed by atoms with Gasteiger partial charge in [-0.05, 0) is 97.9 Å². The molecule has 0 aliphatic heterocycles. The van der Waals surface area contributed by atoms with E-state index in [0.29, 0.717) is 43.0 Å². The molecule has 188 valence electrons. The molecule has 3 aliphatic carbocycles. The highest BCUT2D eigenvalue weighted by Gasteiger charge is 2.56. The standard InChI is InChI=1S/C28H37N3O4/c1-28-12-11-21-20-8-6-19(35-2)16-18(20)5-7-22(21)23(28)9-10-25(28)31(17-26(33)34)15-3-4-24(32)27-29-13-14-30-27/h6,8,13-14,16,21-23,25H,3-5,7,9-12,15,17H2,1-2H3,(H,29,30)(H,33,34)/t21?,22?,23?,25?,28-/m0/s1. The highest BCUT2D eigenvalue weighted by atomic mass is 16.5. The van der Waals surface area contributed by atoms with Gasteiger partial charge < -0.3 is 14.8 Å². The van der Waals surface area contributed by atoms with Gasteiger partial charge in [0.15, 0.2) is 11.6 Å². The van der Waals surface area contributed by atoms with Crippen molar-refractivity contribution in [3.05, 3.63) is 47.5 Å². The Labute approximate surface area is 207 Å². The summed E-state index contributed by atoms with van der Waals surface area (Å²) >= 11 is 0. The van der Waals surface area contributed by atoms with Gasteiger partial charge in [0, 0.05) is 24.9 Å². The van der Waals surface area contributed by atoms with Crippen LogP contribution in [0.5, 0.6) is 5.75 Å². The third-order valence-electron chi connectivity index (χ3n) is 9.27. The molecule has 4 unspecified atom stereocenters. The third-order valence-corrected chi connectivity index (χ3v) is 9.27. The van der Waals surface area contributed by atoms with E-state index in [-0.39, 0.29) is 23.8 Å². The molecule has 3 aliphatic rings. The number of hydrogen-bond donors (Lipinski definition) is 2. The highest BCUT2D eigenvalue weighted by Crippen LogP contribution is 2.62. The van der Waals surface area contributed by atoms with Crippen LogP contribution in [0, 0.1) is 17.3 Å². The van der Waals surface area contributed by atoms with Crippen molar-refractivity contribution in [2.75, 3.05) is 20.2 Å². The first kappa shape index (κ1) is 24.0. The molecule has 5 rings (SSSR count). The van der Waals surface area contributed by atoms with Crippen molar-refractivity contribution in [1.29, 1.82) is 0 Å². The predicted octanol–water partition coefficient (Wildman–Crippen LogP) is 4.69. The van der Waals surface area contributed by atoms with Gasteiger partial charge in [-0.15, -0.1) is 0 Å². The third kappa shape index (κ3) is 4.51. The molecule has 7 nitrogen and oxygen atoms in total. The summed E-state index contributed by atoms with van der Waals surface area (Å²) in [5.74, 6) is 2.40. The Hall–Kier alpha value is -2.67. The zero-order chi connectivity index (χ0) is 24.6. The highest BCUT2D eigenvalue weighted by molar-refractivity contribution is 5.92. The Bertz CT molecular complexity index is 1070. The normalized spacial score (nSPS) is 29.3. The van der Waals surface area contributed by atoms with Gasteiger partial charge in [0.05, 0.1) is 13.7 Å². The number of ether oxygens (including phenoxy) is 1. The Morgan fingerprint density at radius 3 is 2.86 bits per heavy atom. The number of aromatic amines is 1. The minimum atomic E-state index is -0.788. The molecule has 1 aromatic heterocycles. The number of fused-ring (bicyclic) bond motifs is 5. The van der Waals surface area contributed by atoms with Crippen molar-refractivity contribution in [2.24, 2.45) is 17.3 Å². The number of nitrogens with one attached hydrogen (secondary N) is 1. The van der Waals surface area contributed by atoms with E-state index in [1.54, 1.807) is 19.5 Å². The maximum Gasteiger partial charge on any atom is 0.317 e. The molecule has 7 heteroatoms. The first-order chi connectivity index (χ1) is 16.9. The van der Waals surface area contributed by atoms with E-state index in [1.165, 1.54) is 17.5 Å². The van der Waals surface area contributed by atoms with Crippen LogP contribution in [0.4, 0.5) is 0 Å². The fourth-order valence-electron chi connectivity index (χ4n) is 7.76. The number of aliphatic carboxylic acids is 1. The SMILES string of the molecule is COc1ccc2c(c1)CCC1C2CC[C@@]2(C)C1CCC2N(CCCC(=O)c1ncc[nH]1)CC(=O)O. The number of rotatable bonds is 9. The topological polar surface area (TPSA) is 95.5 Å². The fourth-order valence-corrected chi connectivity index (χ4v) is 7.76. The summed E-state index contributed by atoms with van der Waals surface area (Å²) in [6.45, 7) is 3.08. The number of H-pyrrole nitrogens is 1. The number of aromatic nitrogens is 2. The van der Waals surface area contributed by atoms with Crippen LogP contribution in [0.3, 0.4) is 0 Å². The van der Waals surface area contributed by atoms with Crippen LogP contribution in [-0.2, 0) is 11.2 Å². The average molecular weight is 480 g/mol. The number of nitrogens with zero attached hydrogens (tertiary/aromatic N) is 2. The van der Waals surface area contributed by atoms with E-state index in [1.807, 2.05) is 0 Å². The number of carbonyl (C=O) groups excluding carboxylic acids is 1. The molecular weight excluding hydrogens is 442 g/mol. The van der Waals surface area contributed by atoms with Crippen LogP contribution in [0.25, 0.3) is 0 Å². The molecule has 2 fully saturated rings. The van der Waals surface area contributed by atoms with Crippen molar-refractivity contribution in [1.82, 2.24) is 14.9 Å². The van der Waals surface area contributed by atoms with E-state index < -0.39 is 5.97 Å². The van der Waals surface area contributed by atoms with Crippen molar-refractivity contribution in [3.63, 3.8) is 0 Å². The largest absolute Gasteiger partial charge is 0.497 e. The summed E-state index contributed by atoms with van der Waals surface area (Å²) in [6, 6.07) is 6.86. The Morgan fingerprint density at radius 2 is 2.11 bits per heavy atom. The number of methoxy groups -OCH3 is 1. The zero-order valence-corrected chi connectivity index (χ0v) is 20.8. The van der Waals surface area contributed by atoms with Crippen LogP contribution in [0.2, 0.25) is 0 Å². The molecule has 0 radical (unpaired) electrons. The lowest BCUT2D eigenvalue weighted by Gasteiger charge is -2.52. The van der Waals surface area contributed by atoms with Gasteiger partial charge in [-0.1, -0.05) is 13.0 Å². The Morgan fingerprint density at radius 1 is 1.26 bits per heavy atom. The number of Topliss-reactive ketones (excluding diaryl/α,β-unsaturated/α-hetero) is 1. The first-order valence-electron chi connectivity index (χ1n) is 13.1. The van der Waals surface area contributed by atoms with E-state index in [9.17, 15) is 14.7 Å². The smallest absolute Gasteiger partial charge is 0.317 e. The van der Waals surface area contributed by atoms with Gasteiger partial charge >= 0.3 is 5.97 Å². The summed E-state index contributed by atoms with van der Waals surface area (Å²) in [6.07, 6.45) is 11.0. The lowest BCUT2D eigenvalue weighted by Crippen LogP contribution is -2.51. The number of carbonyl (C=O) groups is 2. The number of carboxylic acid groups (broad SMARTS) is 1. The van der Waals surface area contributed by atoms with E-state index in [0.717, 1.165) is 37.9 Å². The minimum Gasteiger partial charge on any atom is -0.497 e. The van der Waals surface area contributed by atoms with E-state index in [2.05, 4.69) is 40.0 Å². The quantitative estimate of drug-likeness (QED) is 0.507. The number of imidazole rings is 1. The minimum absolute atomic E-state index is 0.0150. The van der Waals surface area contributed by atoms with Gasteiger partial charge in [-0.3, -0.25) is 14.5 Å². The maximum atomic E-state index is 12.4. The van der Waals surface area contributed by atoms with E-state index in [4.69, 9.17) is 4.74 Å². The molecule has 35 heavy (non-hydrogen) atoms. The van der Waals surface area contributed by atoms with Gasteiger partial charge in [-0.2, -0.15) is 0 Å². The van der Waals surface area contributed by atoms with Crippen molar-refractivity contribution in [3.8, 4) is 5.75 Å². The van der Waals surface area contributed by atoms with Crippen LogP contribution >= 0.6 is 0 Å². The molecule has 5 atom stereocenters. The van der Waals surface area contributed by atoms with Gasteiger partial charge in [-0.25, -0.2) is 4.98 Å². The van der Waals surface area contributed by atoms with Gasteiger partial charge in [0.25, 0.3) is 0 Å². The summed E-state index contributed by atoms with van der Waals surface area (Å²) in [4.78, 5) is 33.3. The molecule has 0 amide bonds. The predicted molar refractivity (Wildman–Crippen MR) is 133 cm³/mol. The van der Waals surface area contributed by atoms with Crippen molar-refractivity contribution < 1.29 is 19.4 Å². The van der Waals surface area contributed by atoms with Crippen LogP contribution in [0.1, 0.15) is 79.5 Å². The summed E-state index contributed by atoms with van der Waals surface area (Å²) in [5.41, 5.74) is 3.06. The fraction of sp³-hybridized carbons (Fsp3) is 0.607. The lowest BCUT2D eigenvalue weighted by molar-refractivity contribution is -0.140. The number of hydrogen-bond acceptors (Lipinski definition) is 5. The second kappa shape index (κ2) is 9.76. The number of ketones is 1. The molecule has 0 spiro atoms. The maximum absolute atomic E-state index is 12.4. The molecule has 2 saturated carbocycles. The Balaban J connectivity index is 1.30. The molecule has 1 heterocycles. The first-order valence-corrected chi connectivity index (χ1v) is 13.1. The van der Waals surface area contributed by atoms with Crippen LogP contribution in [0.15, 0.2) is 30.6 Å². The van der Waals surface area contributed by atoms with Gasteiger partial charge in [0.2, 0.25) is 0 Å². The molecule has 1 aromatic carbocycles. The van der Waals surface area contributed by atoms with Gasteiger partial charge in [0.1, 0.15) is 5.75 Å². The lowest BCUT2D eigenvalue weighted by atomic mass is 9.55. The summed E-state index contributed by atoms with van der Waals surface area (Å²) in [7, 11) is 1.73. The molecular formula is C28H37N3O4. The number of carboxylic acids is 1. The zero-order valence-electron chi connectivity index (χ0n) is 20.8. The molecule has 2 N–H and O–H groups in total. The Kier molecular flexibility index (Phi) is 6.71. The molecule has 0 bridgehead atoms. The second-order valence-electron chi connectivity index (χ2n) is 10.9. The average Bonchev–Trinajstić information content (AvgIpc) is 3.50. The summed E-state index contributed by atoms with van der Waals surface area (Å²) in [5, 5.41) is 9.69. The van der Waals surface area contributed by atoms with Crippen molar-refractivity contribution >= 4 is 11.8 Å². The molecule has 2 aromatic rings. The second-order valence-corrected chi connectivity index (χ2v) is 10.9. The number of benzene rings is 1. The molecule has 0 saturated heterocycles. The van der Waals surface area contributed by atoms with Crippen LogP contribution < -0.4 is 4.74 Å². The van der Waals surface area contributed by atoms with Crippen molar-refractivity contribution in [2.45, 2.75) is 70.3 Å². The van der Waals surface area contributed by atoms with Crippen LogP contribution in [-0.4, -0.2) is 58.0 Å². The monoisotopic (exact) mass is 479 g/mol. The number of aryl methyl sites for hydroxylation is 1. The summed E-state index contributed by atoms with van der Waals surface area (Å²) < 4.78 is 5.46.